The van der Waals surface area contributed by atoms with Gasteiger partial charge < -0.3 is 9.47 Å². The summed E-state index contributed by atoms with van der Waals surface area (Å²) in [5.74, 6) is -2.46. The number of hydrazine groups is 1. The highest BCUT2D eigenvalue weighted by atomic mass is 19.1. The standard InChI is InChI=1S/C19H18F2N2O4/c1-12(27-17-6-4-3-5-14(17)20)19(25)23-22-18(24)10-8-13-7-9-16(26-2)15(21)11-13/h3-12H,1-2H3,(H,22,24)(H,23,25)/b10-8+/t12-/m1/s1. The maximum Gasteiger partial charge on any atom is 0.279 e. The highest BCUT2D eigenvalue weighted by molar-refractivity contribution is 5.93. The molecule has 6 nitrogen and oxygen atoms in total. The van der Waals surface area contributed by atoms with Crippen molar-refractivity contribution >= 4 is 17.9 Å². The van der Waals surface area contributed by atoms with Gasteiger partial charge in [-0.1, -0.05) is 18.2 Å². The minimum absolute atomic E-state index is 0.0760. The van der Waals surface area contributed by atoms with E-state index in [1.165, 1.54) is 50.4 Å². The van der Waals surface area contributed by atoms with Gasteiger partial charge >= 0.3 is 0 Å². The van der Waals surface area contributed by atoms with Crippen LogP contribution in [0.5, 0.6) is 11.5 Å². The molecular formula is C19H18F2N2O4. The van der Waals surface area contributed by atoms with Gasteiger partial charge in [-0.25, -0.2) is 8.78 Å². The summed E-state index contributed by atoms with van der Waals surface area (Å²) in [5, 5.41) is 0. The molecule has 2 aromatic rings. The lowest BCUT2D eigenvalue weighted by atomic mass is 10.2. The fourth-order valence-corrected chi connectivity index (χ4v) is 2.01. The maximum absolute atomic E-state index is 13.6. The van der Waals surface area contributed by atoms with E-state index in [4.69, 9.17) is 9.47 Å². The van der Waals surface area contributed by atoms with E-state index in [1.54, 1.807) is 12.1 Å². The molecule has 0 saturated heterocycles. The topological polar surface area (TPSA) is 76.7 Å². The van der Waals surface area contributed by atoms with Crippen molar-refractivity contribution in [3.63, 3.8) is 0 Å². The summed E-state index contributed by atoms with van der Waals surface area (Å²) >= 11 is 0. The van der Waals surface area contributed by atoms with Crippen molar-refractivity contribution in [2.45, 2.75) is 13.0 Å². The van der Waals surface area contributed by atoms with Crippen LogP contribution in [0.25, 0.3) is 6.08 Å². The van der Waals surface area contributed by atoms with Crippen molar-refractivity contribution < 1.29 is 27.8 Å². The fourth-order valence-electron chi connectivity index (χ4n) is 2.01. The lowest BCUT2D eigenvalue weighted by molar-refractivity contribution is -0.131. The molecule has 142 valence electrons. The zero-order valence-corrected chi connectivity index (χ0v) is 14.7. The molecule has 2 N–H and O–H groups in total. The van der Waals surface area contributed by atoms with Gasteiger partial charge in [-0.3, -0.25) is 20.4 Å². The predicted octanol–water partition coefficient (Wildman–Crippen LogP) is 2.60. The van der Waals surface area contributed by atoms with Crippen molar-refractivity contribution in [2.24, 2.45) is 0 Å². The Morgan fingerprint density at radius 3 is 2.44 bits per heavy atom. The fraction of sp³-hybridized carbons (Fsp3) is 0.158. The van der Waals surface area contributed by atoms with Crippen molar-refractivity contribution in [3.05, 3.63) is 65.7 Å². The molecule has 0 radical (unpaired) electrons. The van der Waals surface area contributed by atoms with E-state index in [-0.39, 0.29) is 11.5 Å². The van der Waals surface area contributed by atoms with Crippen molar-refractivity contribution in [1.29, 1.82) is 0 Å². The van der Waals surface area contributed by atoms with Gasteiger partial charge in [0.1, 0.15) is 0 Å². The van der Waals surface area contributed by atoms with Gasteiger partial charge in [0.15, 0.2) is 29.2 Å². The first-order chi connectivity index (χ1) is 12.9. The lowest BCUT2D eigenvalue weighted by Crippen LogP contribution is -2.46. The molecule has 27 heavy (non-hydrogen) atoms. The van der Waals surface area contributed by atoms with E-state index < -0.39 is 29.6 Å². The van der Waals surface area contributed by atoms with Crippen LogP contribution in [0.3, 0.4) is 0 Å². The van der Waals surface area contributed by atoms with E-state index in [1.807, 2.05) is 0 Å². The van der Waals surface area contributed by atoms with Crippen LogP contribution in [-0.4, -0.2) is 25.0 Å². The molecule has 2 amide bonds. The highest BCUT2D eigenvalue weighted by Gasteiger charge is 2.16. The van der Waals surface area contributed by atoms with Gasteiger partial charge in [-0.05, 0) is 42.8 Å². The van der Waals surface area contributed by atoms with E-state index in [0.29, 0.717) is 5.56 Å². The molecule has 0 spiro atoms. The molecule has 0 aliphatic carbocycles. The molecule has 1 atom stereocenters. The first-order valence-corrected chi connectivity index (χ1v) is 7.93. The Bertz CT molecular complexity index is 855. The number of carbonyl (C=O) groups excluding carboxylic acids is 2. The molecular weight excluding hydrogens is 358 g/mol. The van der Waals surface area contributed by atoms with Crippen molar-refractivity contribution in [1.82, 2.24) is 10.9 Å². The molecule has 0 aromatic heterocycles. The number of hydrogen-bond acceptors (Lipinski definition) is 4. The van der Waals surface area contributed by atoms with E-state index in [9.17, 15) is 18.4 Å². The molecule has 2 rings (SSSR count). The van der Waals surface area contributed by atoms with Crippen LogP contribution in [0.2, 0.25) is 0 Å². The Morgan fingerprint density at radius 1 is 1.04 bits per heavy atom. The molecule has 2 aromatic carbocycles. The number of para-hydroxylation sites is 1. The Labute approximate surface area is 154 Å². The maximum atomic E-state index is 13.6. The van der Waals surface area contributed by atoms with Gasteiger partial charge in [-0.15, -0.1) is 0 Å². The molecule has 0 unspecified atom stereocenters. The number of amides is 2. The predicted molar refractivity (Wildman–Crippen MR) is 94.8 cm³/mol. The summed E-state index contributed by atoms with van der Waals surface area (Å²) in [6.07, 6.45) is 1.44. The van der Waals surface area contributed by atoms with Crippen molar-refractivity contribution in [3.8, 4) is 11.5 Å². The zero-order chi connectivity index (χ0) is 19.8. The minimum Gasteiger partial charge on any atom is -0.494 e. The summed E-state index contributed by atoms with van der Waals surface area (Å²) in [6, 6.07) is 9.84. The Hall–Kier alpha value is -3.42. The minimum atomic E-state index is -1.04. The summed E-state index contributed by atoms with van der Waals surface area (Å²) in [7, 11) is 1.35. The van der Waals surface area contributed by atoms with Crippen LogP contribution in [0.4, 0.5) is 8.78 Å². The van der Waals surface area contributed by atoms with Gasteiger partial charge in [0.25, 0.3) is 11.8 Å². The van der Waals surface area contributed by atoms with Crippen molar-refractivity contribution in [2.75, 3.05) is 7.11 Å². The molecule has 0 heterocycles. The summed E-state index contributed by atoms with van der Waals surface area (Å²) in [4.78, 5) is 23.6. The molecule has 0 aliphatic rings. The van der Waals surface area contributed by atoms with Crippen LogP contribution in [0, 0.1) is 11.6 Å². The first kappa shape index (κ1) is 19.9. The number of halogens is 2. The Morgan fingerprint density at radius 2 is 1.78 bits per heavy atom. The number of carbonyl (C=O) groups is 2. The Kier molecular flexibility index (Phi) is 6.87. The molecule has 0 bridgehead atoms. The van der Waals surface area contributed by atoms with Gasteiger partial charge in [0.2, 0.25) is 0 Å². The third-order valence-electron chi connectivity index (χ3n) is 3.42. The number of methoxy groups -OCH3 is 1. The zero-order valence-electron chi connectivity index (χ0n) is 14.7. The van der Waals surface area contributed by atoms with Crippen LogP contribution >= 0.6 is 0 Å². The normalized spacial score (nSPS) is 11.7. The molecule has 0 saturated carbocycles. The number of rotatable bonds is 6. The smallest absolute Gasteiger partial charge is 0.279 e. The third kappa shape index (κ3) is 5.81. The highest BCUT2D eigenvalue weighted by Crippen LogP contribution is 2.18. The second-order valence-corrected chi connectivity index (χ2v) is 5.40. The largest absolute Gasteiger partial charge is 0.494 e. The second kappa shape index (κ2) is 9.33. The quantitative estimate of drug-likeness (QED) is 0.600. The van der Waals surface area contributed by atoms with Crippen LogP contribution in [-0.2, 0) is 9.59 Å². The van der Waals surface area contributed by atoms with E-state index in [2.05, 4.69) is 10.9 Å². The lowest BCUT2D eigenvalue weighted by Gasteiger charge is -2.15. The number of nitrogens with one attached hydrogen (secondary N) is 2. The summed E-state index contributed by atoms with van der Waals surface area (Å²) in [6.45, 7) is 1.41. The monoisotopic (exact) mass is 376 g/mol. The molecule has 0 fully saturated rings. The van der Waals surface area contributed by atoms with E-state index >= 15 is 0 Å². The van der Waals surface area contributed by atoms with Gasteiger partial charge in [0, 0.05) is 6.08 Å². The number of ether oxygens (including phenoxy) is 2. The number of benzene rings is 2. The second-order valence-electron chi connectivity index (χ2n) is 5.40. The summed E-state index contributed by atoms with van der Waals surface area (Å²) in [5.41, 5.74) is 4.75. The molecule has 8 heteroatoms. The molecule has 0 aliphatic heterocycles. The third-order valence-corrected chi connectivity index (χ3v) is 3.42. The van der Waals surface area contributed by atoms with Crippen LogP contribution in [0.1, 0.15) is 12.5 Å². The van der Waals surface area contributed by atoms with Crippen LogP contribution in [0.15, 0.2) is 48.5 Å². The Balaban J connectivity index is 1.84. The average molecular weight is 376 g/mol. The van der Waals surface area contributed by atoms with Crippen LogP contribution < -0.4 is 20.3 Å². The summed E-state index contributed by atoms with van der Waals surface area (Å²) < 4.78 is 37.1. The average Bonchev–Trinajstić information content (AvgIpc) is 2.66. The van der Waals surface area contributed by atoms with E-state index in [0.717, 1.165) is 6.08 Å². The SMILES string of the molecule is COc1ccc(/C=C/C(=O)NNC(=O)[C@@H](C)Oc2ccccc2F)cc1F. The van der Waals surface area contributed by atoms with Gasteiger partial charge in [-0.2, -0.15) is 0 Å². The first-order valence-electron chi connectivity index (χ1n) is 7.93. The van der Waals surface area contributed by atoms with Gasteiger partial charge in [0.05, 0.1) is 7.11 Å². The number of hydrogen-bond donors (Lipinski definition) is 2.